The summed E-state index contributed by atoms with van der Waals surface area (Å²) in [7, 11) is 1.55. The molecule has 2 aromatic heterocycles. The maximum absolute atomic E-state index is 14.1. The Morgan fingerprint density at radius 1 is 1.26 bits per heavy atom. The number of H-pyrrole nitrogens is 1. The van der Waals surface area contributed by atoms with Crippen molar-refractivity contribution in [3.05, 3.63) is 53.3 Å². The highest BCUT2D eigenvalue weighted by Crippen LogP contribution is 2.42. The normalized spacial score (nSPS) is 16.6. The molecule has 0 fully saturated rings. The van der Waals surface area contributed by atoms with Gasteiger partial charge in [-0.3, -0.25) is 9.29 Å². The monoisotopic (exact) mass is 476 g/mol. The van der Waals surface area contributed by atoms with Crippen molar-refractivity contribution in [3.63, 3.8) is 0 Å². The van der Waals surface area contributed by atoms with Crippen molar-refractivity contribution in [2.24, 2.45) is 0 Å². The van der Waals surface area contributed by atoms with Gasteiger partial charge in [0.1, 0.15) is 12.4 Å². The van der Waals surface area contributed by atoms with E-state index in [0.29, 0.717) is 56.3 Å². The molecule has 0 amide bonds. The number of nitrogens with zero attached hydrogens (tertiary/aromatic N) is 2. The van der Waals surface area contributed by atoms with Gasteiger partial charge in [0.05, 0.1) is 26.4 Å². The summed E-state index contributed by atoms with van der Waals surface area (Å²) < 4.78 is 51.8. The third-order valence-electron chi connectivity index (χ3n) is 6.02. The molecule has 1 unspecified atom stereocenters. The number of para-hydroxylation sites is 1. The van der Waals surface area contributed by atoms with E-state index in [0.717, 1.165) is 29.1 Å². The van der Waals surface area contributed by atoms with E-state index in [1.807, 2.05) is 18.2 Å². The van der Waals surface area contributed by atoms with Gasteiger partial charge in [0, 0.05) is 54.4 Å². The van der Waals surface area contributed by atoms with Gasteiger partial charge in [0.2, 0.25) is 5.88 Å². The van der Waals surface area contributed by atoms with Crippen molar-refractivity contribution in [3.8, 4) is 11.6 Å². The average molecular weight is 477 g/mol. The van der Waals surface area contributed by atoms with Crippen LogP contribution in [0.15, 0.2) is 36.5 Å². The van der Waals surface area contributed by atoms with Gasteiger partial charge in [-0.2, -0.15) is 0 Å². The zero-order valence-corrected chi connectivity index (χ0v) is 19.5. The average Bonchev–Trinajstić information content (AvgIpc) is 3.19. The lowest BCUT2D eigenvalue weighted by Gasteiger charge is -2.37. The van der Waals surface area contributed by atoms with E-state index >= 15 is 0 Å². The van der Waals surface area contributed by atoms with E-state index in [1.54, 1.807) is 24.3 Å². The number of aromatic amines is 1. The standard InChI is InChI=1S/C25H31F3N4O2/c1-25(27,28)16-32-12-8-18-17-6-3-4-7-20(17)31-23(18)24(32)19-15-30-22(14-21(19)33-2)34-13-11-29-10-5-9-26/h3-4,6-7,14-15,24,29,31H,5,8-13,16H2,1-2H3. The molecule has 0 radical (unpaired) electrons. The second-order valence-electron chi connectivity index (χ2n) is 8.66. The molecule has 1 aliphatic heterocycles. The van der Waals surface area contributed by atoms with Crippen LogP contribution in [0.5, 0.6) is 11.6 Å². The van der Waals surface area contributed by atoms with Crippen molar-refractivity contribution in [1.29, 1.82) is 0 Å². The maximum atomic E-state index is 14.1. The van der Waals surface area contributed by atoms with Gasteiger partial charge in [-0.05, 0) is 31.0 Å². The molecule has 0 aliphatic carbocycles. The smallest absolute Gasteiger partial charge is 0.257 e. The predicted molar refractivity (Wildman–Crippen MR) is 126 cm³/mol. The second-order valence-corrected chi connectivity index (χ2v) is 8.66. The first-order valence-electron chi connectivity index (χ1n) is 11.6. The van der Waals surface area contributed by atoms with Crippen LogP contribution in [0.3, 0.4) is 0 Å². The van der Waals surface area contributed by atoms with Crippen LogP contribution < -0.4 is 14.8 Å². The number of rotatable bonds is 11. The lowest BCUT2D eigenvalue weighted by Crippen LogP contribution is -2.42. The van der Waals surface area contributed by atoms with E-state index in [2.05, 4.69) is 21.4 Å². The van der Waals surface area contributed by atoms with E-state index in [9.17, 15) is 13.2 Å². The Labute approximate surface area is 197 Å². The number of methoxy groups -OCH3 is 1. The number of halogens is 3. The molecule has 1 aliphatic rings. The Hall–Kier alpha value is -2.78. The van der Waals surface area contributed by atoms with Crippen molar-refractivity contribution in [2.75, 3.05) is 46.6 Å². The molecule has 0 saturated heterocycles. The Morgan fingerprint density at radius 2 is 2.09 bits per heavy atom. The molecule has 2 N–H and O–H groups in total. The highest BCUT2D eigenvalue weighted by Gasteiger charge is 2.38. The summed E-state index contributed by atoms with van der Waals surface area (Å²) in [6, 6.07) is 9.23. The number of pyridine rings is 1. The Balaban J connectivity index is 1.64. The molecule has 4 rings (SSSR count). The summed E-state index contributed by atoms with van der Waals surface area (Å²) in [6.45, 7) is 2.22. The summed E-state index contributed by atoms with van der Waals surface area (Å²) in [4.78, 5) is 9.69. The van der Waals surface area contributed by atoms with Gasteiger partial charge in [-0.1, -0.05) is 18.2 Å². The summed E-state index contributed by atoms with van der Waals surface area (Å²) in [6.07, 6.45) is 2.79. The number of aromatic nitrogens is 2. The van der Waals surface area contributed by atoms with Crippen LogP contribution in [0.1, 0.15) is 36.2 Å². The van der Waals surface area contributed by atoms with Crippen LogP contribution in [-0.2, 0) is 6.42 Å². The summed E-state index contributed by atoms with van der Waals surface area (Å²) in [5.41, 5.74) is 3.71. The predicted octanol–water partition coefficient (Wildman–Crippen LogP) is 4.50. The van der Waals surface area contributed by atoms with E-state index in [1.165, 1.54) is 0 Å². The van der Waals surface area contributed by atoms with Crippen molar-refractivity contribution < 1.29 is 22.6 Å². The molecule has 1 aromatic carbocycles. The third-order valence-corrected chi connectivity index (χ3v) is 6.02. The van der Waals surface area contributed by atoms with E-state index in [-0.39, 0.29) is 13.2 Å². The van der Waals surface area contributed by atoms with Crippen LogP contribution in [-0.4, -0.2) is 67.4 Å². The fourth-order valence-electron chi connectivity index (χ4n) is 4.61. The lowest BCUT2D eigenvalue weighted by molar-refractivity contribution is -0.0244. The number of benzene rings is 1. The molecule has 0 spiro atoms. The molecular weight excluding hydrogens is 445 g/mol. The Morgan fingerprint density at radius 3 is 2.85 bits per heavy atom. The van der Waals surface area contributed by atoms with E-state index < -0.39 is 12.0 Å². The first-order chi connectivity index (χ1) is 16.4. The molecule has 0 saturated carbocycles. The zero-order chi connectivity index (χ0) is 24.1. The van der Waals surface area contributed by atoms with Crippen LogP contribution in [0, 0.1) is 0 Å². The Bertz CT molecular complexity index is 1100. The fourth-order valence-corrected chi connectivity index (χ4v) is 4.61. The van der Waals surface area contributed by atoms with Crippen molar-refractivity contribution in [1.82, 2.24) is 20.2 Å². The molecule has 9 heteroatoms. The first-order valence-corrected chi connectivity index (χ1v) is 11.6. The van der Waals surface area contributed by atoms with Gasteiger partial charge in [0.15, 0.2) is 0 Å². The number of nitrogens with one attached hydrogen (secondary N) is 2. The molecule has 34 heavy (non-hydrogen) atoms. The van der Waals surface area contributed by atoms with Crippen LogP contribution in [0.25, 0.3) is 10.9 Å². The largest absolute Gasteiger partial charge is 0.496 e. The molecule has 3 heterocycles. The quantitative estimate of drug-likeness (QED) is 0.399. The third kappa shape index (κ3) is 5.47. The van der Waals surface area contributed by atoms with E-state index in [4.69, 9.17) is 9.47 Å². The van der Waals surface area contributed by atoms with Crippen LogP contribution >= 0.6 is 0 Å². The summed E-state index contributed by atoms with van der Waals surface area (Å²) in [5, 5.41) is 4.20. The van der Waals surface area contributed by atoms with Gasteiger partial charge in [0.25, 0.3) is 5.92 Å². The molecule has 0 bridgehead atoms. The Kier molecular flexibility index (Phi) is 7.63. The van der Waals surface area contributed by atoms with Crippen LogP contribution in [0.2, 0.25) is 0 Å². The number of ether oxygens (including phenoxy) is 2. The topological polar surface area (TPSA) is 62.4 Å². The molecule has 6 nitrogen and oxygen atoms in total. The van der Waals surface area contributed by atoms with Crippen molar-refractivity contribution in [2.45, 2.75) is 31.7 Å². The van der Waals surface area contributed by atoms with Gasteiger partial charge < -0.3 is 19.8 Å². The molecule has 3 aromatic rings. The minimum atomic E-state index is -2.85. The fraction of sp³-hybridized carbons (Fsp3) is 0.480. The SMILES string of the molecule is COc1cc(OCCNCCCF)ncc1C1c2[nH]c3ccccc3c2CCN1CC(C)(F)F. The minimum Gasteiger partial charge on any atom is -0.496 e. The van der Waals surface area contributed by atoms with Gasteiger partial charge >= 0.3 is 0 Å². The van der Waals surface area contributed by atoms with Crippen LogP contribution in [0.4, 0.5) is 13.2 Å². The number of hydrogen-bond acceptors (Lipinski definition) is 5. The second kappa shape index (κ2) is 10.7. The highest BCUT2D eigenvalue weighted by atomic mass is 19.3. The van der Waals surface area contributed by atoms with Crippen molar-refractivity contribution >= 4 is 10.9 Å². The van der Waals surface area contributed by atoms with Gasteiger partial charge in [-0.15, -0.1) is 0 Å². The zero-order valence-electron chi connectivity index (χ0n) is 19.5. The first kappa shape index (κ1) is 24.3. The molecular formula is C25H31F3N4O2. The van der Waals surface area contributed by atoms with Gasteiger partial charge in [-0.25, -0.2) is 13.8 Å². The summed E-state index contributed by atoms with van der Waals surface area (Å²) >= 11 is 0. The lowest BCUT2D eigenvalue weighted by atomic mass is 9.92. The molecule has 1 atom stereocenters. The number of alkyl halides is 3. The highest BCUT2D eigenvalue weighted by molar-refractivity contribution is 5.85. The number of hydrogen-bond donors (Lipinski definition) is 2. The summed E-state index contributed by atoms with van der Waals surface area (Å²) in [5.74, 6) is -1.94. The molecule has 184 valence electrons. The maximum Gasteiger partial charge on any atom is 0.257 e. The number of fused-ring (bicyclic) bond motifs is 3. The minimum absolute atomic E-state index is 0.353.